The summed E-state index contributed by atoms with van der Waals surface area (Å²) in [6.45, 7) is 0. The molecule has 0 spiro atoms. The third-order valence-corrected chi connectivity index (χ3v) is 12.0. The number of benzene rings is 7. The van der Waals surface area contributed by atoms with Crippen LogP contribution in [0.1, 0.15) is 55.6 Å². The lowest BCUT2D eigenvalue weighted by Crippen LogP contribution is -2.44. The number of allylic oxidation sites excluding steroid dienone is 2. The van der Waals surface area contributed by atoms with Crippen LogP contribution in [-0.4, -0.2) is 11.9 Å². The smallest absolute Gasteiger partial charge is 0.133 e. The lowest BCUT2D eigenvalue weighted by atomic mass is 9.51. The first-order valence-corrected chi connectivity index (χ1v) is 18.8. The van der Waals surface area contributed by atoms with Crippen molar-refractivity contribution >= 4 is 11.5 Å². The summed E-state index contributed by atoms with van der Waals surface area (Å²) in [6.07, 6.45) is 8.59. The molecule has 0 saturated carbocycles. The van der Waals surface area contributed by atoms with Gasteiger partial charge in [0.15, 0.2) is 0 Å². The summed E-state index contributed by atoms with van der Waals surface area (Å²) in [7, 11) is 0. The minimum Gasteiger partial charge on any atom is -0.339 e. The Morgan fingerprint density at radius 3 is 1.76 bits per heavy atom. The Morgan fingerprint density at radius 1 is 0.444 bits per heavy atom. The van der Waals surface area contributed by atoms with Crippen molar-refractivity contribution in [3.63, 3.8) is 0 Å². The molecule has 0 saturated heterocycles. The molecular formula is C52H36N2. The lowest BCUT2D eigenvalue weighted by molar-refractivity contribution is 0.626. The van der Waals surface area contributed by atoms with E-state index in [1.165, 1.54) is 61.2 Å². The Hall–Kier alpha value is -6.77. The van der Waals surface area contributed by atoms with Gasteiger partial charge in [-0.1, -0.05) is 200 Å². The molecule has 254 valence electrons. The Kier molecular flexibility index (Phi) is 6.78. The van der Waals surface area contributed by atoms with Gasteiger partial charge >= 0.3 is 0 Å². The maximum Gasteiger partial charge on any atom is 0.133 e. The Bertz CT molecular complexity index is 2740. The zero-order valence-electron chi connectivity index (χ0n) is 29.7. The summed E-state index contributed by atoms with van der Waals surface area (Å²) >= 11 is 0. The molecule has 0 amide bonds. The number of hydrogen-bond acceptors (Lipinski definition) is 2. The van der Waals surface area contributed by atoms with E-state index in [1.54, 1.807) is 0 Å². The van der Waals surface area contributed by atoms with Gasteiger partial charge in [0.2, 0.25) is 0 Å². The fourth-order valence-corrected chi connectivity index (χ4v) is 9.98. The van der Waals surface area contributed by atoms with Crippen LogP contribution < -0.4 is 5.32 Å². The molecule has 1 heterocycles. The second-order valence-corrected chi connectivity index (χ2v) is 14.6. The van der Waals surface area contributed by atoms with E-state index >= 15 is 0 Å². The molecule has 7 aromatic carbocycles. The molecule has 3 unspecified atom stereocenters. The molecule has 0 radical (unpaired) electrons. The van der Waals surface area contributed by atoms with Crippen LogP contribution in [0.5, 0.6) is 0 Å². The summed E-state index contributed by atoms with van der Waals surface area (Å²) in [5, 5.41) is 3.82. The highest BCUT2D eigenvalue weighted by Crippen LogP contribution is 2.65. The zero-order chi connectivity index (χ0) is 35.7. The molecule has 2 nitrogen and oxygen atoms in total. The minimum atomic E-state index is -0.620. The van der Waals surface area contributed by atoms with E-state index in [9.17, 15) is 0 Å². The average Bonchev–Trinajstić information content (AvgIpc) is 3.57. The Morgan fingerprint density at radius 2 is 1.00 bits per heavy atom. The third kappa shape index (κ3) is 4.14. The maximum absolute atomic E-state index is 5.34. The first-order chi connectivity index (χ1) is 26.8. The van der Waals surface area contributed by atoms with Crippen molar-refractivity contribution < 1.29 is 0 Å². The van der Waals surface area contributed by atoms with Gasteiger partial charge < -0.3 is 5.32 Å². The van der Waals surface area contributed by atoms with Gasteiger partial charge in [-0.25, -0.2) is 0 Å². The molecule has 54 heavy (non-hydrogen) atoms. The number of hydrogen-bond donors (Lipinski definition) is 1. The zero-order valence-corrected chi connectivity index (χ0v) is 29.7. The van der Waals surface area contributed by atoms with Crippen LogP contribution in [0.15, 0.2) is 217 Å². The lowest BCUT2D eigenvalue weighted by Gasteiger charge is -2.49. The largest absolute Gasteiger partial charge is 0.339 e. The predicted molar refractivity (Wildman–Crippen MR) is 221 cm³/mol. The van der Waals surface area contributed by atoms with Gasteiger partial charge in [0.1, 0.15) is 5.84 Å². The molecule has 1 aliphatic heterocycles. The van der Waals surface area contributed by atoms with E-state index in [0.29, 0.717) is 0 Å². The molecule has 0 fully saturated rings. The fraction of sp³-hybridized carbons (Fsp3) is 0.0577. The van der Waals surface area contributed by atoms with Crippen LogP contribution in [0.3, 0.4) is 0 Å². The van der Waals surface area contributed by atoms with E-state index in [1.807, 2.05) is 0 Å². The van der Waals surface area contributed by atoms with Crippen molar-refractivity contribution in [1.29, 1.82) is 0 Å². The molecule has 0 aromatic heterocycles. The minimum absolute atomic E-state index is 0.0639. The molecule has 11 rings (SSSR count). The van der Waals surface area contributed by atoms with Gasteiger partial charge in [0.25, 0.3) is 0 Å². The molecule has 1 N–H and O–H groups in total. The van der Waals surface area contributed by atoms with E-state index in [0.717, 1.165) is 22.7 Å². The highest BCUT2D eigenvalue weighted by Gasteiger charge is 2.57. The van der Waals surface area contributed by atoms with Crippen LogP contribution in [0, 0.1) is 0 Å². The van der Waals surface area contributed by atoms with Gasteiger partial charge in [0.05, 0.1) is 22.6 Å². The molecule has 4 aliphatic rings. The third-order valence-electron chi connectivity index (χ3n) is 12.0. The number of aliphatic imine (C=N–C) groups is 1. The predicted octanol–water partition coefficient (Wildman–Crippen LogP) is 11.0. The average molecular weight is 689 g/mol. The van der Waals surface area contributed by atoms with Crippen LogP contribution >= 0.6 is 0 Å². The van der Waals surface area contributed by atoms with E-state index in [2.05, 4.69) is 212 Å². The van der Waals surface area contributed by atoms with E-state index in [-0.39, 0.29) is 6.04 Å². The van der Waals surface area contributed by atoms with Crippen molar-refractivity contribution in [3.8, 4) is 11.1 Å². The first kappa shape index (κ1) is 30.8. The first-order valence-electron chi connectivity index (χ1n) is 18.8. The van der Waals surface area contributed by atoms with Crippen LogP contribution in [-0.2, 0) is 10.8 Å². The number of fused-ring (bicyclic) bond motifs is 6. The molecule has 0 bridgehead atoms. The monoisotopic (exact) mass is 688 g/mol. The fourth-order valence-electron chi connectivity index (χ4n) is 9.98. The number of nitrogens with zero attached hydrogens (tertiary/aromatic N) is 1. The standard InChI is InChI=1S/C52H36N2/c1-4-18-35(19-5-1)49-42-27-11-15-33-47(42)53-50(54-49)36-20-16-25-39(34-36)51(37-21-6-2-7-22-37)44-30-13-14-31-45(44)52(38-23-8-3-9-24-38)43-29-12-10-26-40(43)41-28-17-32-46(51)48(41)52/h1-34,47H,(H,53,54). The van der Waals surface area contributed by atoms with E-state index < -0.39 is 10.8 Å². The Labute approximate surface area is 316 Å². The number of amidine groups is 1. The van der Waals surface area contributed by atoms with E-state index in [4.69, 9.17) is 4.99 Å². The van der Waals surface area contributed by atoms with Gasteiger partial charge in [-0.05, 0) is 67.3 Å². The number of rotatable bonds is 5. The Balaban J connectivity index is 1.20. The maximum atomic E-state index is 5.34. The van der Waals surface area contributed by atoms with Crippen molar-refractivity contribution in [2.45, 2.75) is 16.9 Å². The highest BCUT2D eigenvalue weighted by molar-refractivity contribution is 6.06. The summed E-state index contributed by atoms with van der Waals surface area (Å²) < 4.78 is 0. The molecule has 3 atom stereocenters. The summed E-state index contributed by atoms with van der Waals surface area (Å²) in [4.78, 5) is 5.34. The van der Waals surface area contributed by atoms with Gasteiger partial charge in [-0.15, -0.1) is 0 Å². The summed E-state index contributed by atoms with van der Waals surface area (Å²) in [5.74, 6) is 0.876. The SMILES string of the molecule is C1=CC2=C(c3ccccc3)NC(c3cccc(C4(c5ccccc5)c5ccccc5C5(c6ccccc6)c6ccccc6-c6cccc4c65)c3)=NC2C=C1. The van der Waals surface area contributed by atoms with Crippen molar-refractivity contribution in [2.24, 2.45) is 4.99 Å². The number of nitrogens with one attached hydrogen (secondary N) is 1. The van der Waals surface area contributed by atoms with Gasteiger partial charge in [-0.2, -0.15) is 0 Å². The van der Waals surface area contributed by atoms with Gasteiger partial charge in [0, 0.05) is 11.1 Å². The van der Waals surface area contributed by atoms with Crippen molar-refractivity contribution in [2.75, 3.05) is 0 Å². The molecule has 3 aliphatic carbocycles. The topological polar surface area (TPSA) is 24.4 Å². The van der Waals surface area contributed by atoms with Crippen molar-refractivity contribution in [3.05, 3.63) is 268 Å². The summed E-state index contributed by atoms with van der Waals surface area (Å²) in [5.41, 5.74) is 16.4. The van der Waals surface area contributed by atoms with Crippen LogP contribution in [0.2, 0.25) is 0 Å². The highest BCUT2D eigenvalue weighted by atomic mass is 15.0. The molecule has 2 heteroatoms. The normalized spacial score (nSPS) is 21.3. The van der Waals surface area contributed by atoms with Gasteiger partial charge in [-0.3, -0.25) is 4.99 Å². The van der Waals surface area contributed by atoms with Crippen molar-refractivity contribution in [1.82, 2.24) is 5.32 Å². The quantitative estimate of drug-likeness (QED) is 0.191. The van der Waals surface area contributed by atoms with Crippen LogP contribution in [0.25, 0.3) is 16.8 Å². The molecular weight excluding hydrogens is 653 g/mol. The summed E-state index contributed by atoms with van der Waals surface area (Å²) in [6, 6.07) is 67.3. The second-order valence-electron chi connectivity index (χ2n) is 14.6. The van der Waals surface area contributed by atoms with Crippen LogP contribution in [0.4, 0.5) is 0 Å². The molecule has 7 aromatic rings. The second kappa shape index (κ2) is 11.9.